The number of nitriles is 1. The van der Waals surface area contributed by atoms with Crippen LogP contribution in [0.5, 0.6) is 0 Å². The number of benzene rings is 1. The fraction of sp³-hybridized carbons (Fsp3) is 0.231. The number of anilines is 1. The quantitative estimate of drug-likeness (QED) is 0.832. The van der Waals surface area contributed by atoms with Crippen molar-refractivity contribution in [1.82, 2.24) is 4.98 Å². The molecule has 0 fully saturated rings. The van der Waals surface area contributed by atoms with Crippen molar-refractivity contribution in [2.24, 2.45) is 0 Å². The molecule has 86 valence electrons. The van der Waals surface area contributed by atoms with E-state index in [2.05, 4.69) is 16.0 Å². The summed E-state index contributed by atoms with van der Waals surface area (Å²) in [7, 11) is 1.99. The second kappa shape index (κ2) is 4.98. The molecule has 0 atom stereocenters. The summed E-state index contributed by atoms with van der Waals surface area (Å²) in [5.74, 6) is 0. The first-order valence-corrected chi connectivity index (χ1v) is 6.24. The van der Waals surface area contributed by atoms with Crippen LogP contribution in [-0.4, -0.2) is 12.0 Å². The third-order valence-corrected chi connectivity index (χ3v) is 3.26. The topological polar surface area (TPSA) is 39.9 Å². The van der Waals surface area contributed by atoms with Crippen molar-refractivity contribution < 1.29 is 0 Å². The molecular weight excluding hydrogens is 230 g/mol. The molecule has 0 N–H and O–H groups in total. The highest BCUT2D eigenvalue weighted by Crippen LogP contribution is 2.24. The Balaban J connectivity index is 2.31. The van der Waals surface area contributed by atoms with Gasteiger partial charge in [0, 0.05) is 12.4 Å². The first-order chi connectivity index (χ1) is 8.22. The Hall–Kier alpha value is -1.86. The molecule has 0 unspecified atom stereocenters. The Kier molecular flexibility index (Phi) is 3.40. The summed E-state index contributed by atoms with van der Waals surface area (Å²) in [6.45, 7) is 2.75. The molecule has 0 saturated heterocycles. The number of rotatable bonds is 3. The summed E-state index contributed by atoms with van der Waals surface area (Å²) < 4.78 is 0. The minimum Gasteiger partial charge on any atom is -0.367 e. The van der Waals surface area contributed by atoms with Crippen LogP contribution in [0.15, 0.2) is 29.1 Å². The summed E-state index contributed by atoms with van der Waals surface area (Å²) in [5.41, 5.74) is 5.67. The average molecular weight is 243 g/mol. The minimum atomic E-state index is 0.711. The normalized spacial score (nSPS) is 9.94. The van der Waals surface area contributed by atoms with Gasteiger partial charge < -0.3 is 4.90 Å². The van der Waals surface area contributed by atoms with Gasteiger partial charge in [0.25, 0.3) is 0 Å². The van der Waals surface area contributed by atoms with Crippen LogP contribution in [0.2, 0.25) is 0 Å². The zero-order valence-corrected chi connectivity index (χ0v) is 10.7. The molecular formula is C13H13N3S. The van der Waals surface area contributed by atoms with E-state index in [9.17, 15) is 0 Å². The summed E-state index contributed by atoms with van der Waals surface area (Å²) >= 11 is 1.59. The number of aryl methyl sites for hydroxylation is 1. The maximum atomic E-state index is 9.13. The van der Waals surface area contributed by atoms with Crippen LogP contribution in [0.3, 0.4) is 0 Å². The van der Waals surface area contributed by atoms with Gasteiger partial charge in [-0.15, -0.1) is 11.3 Å². The predicted molar refractivity (Wildman–Crippen MR) is 70.1 cm³/mol. The van der Waals surface area contributed by atoms with E-state index in [-0.39, 0.29) is 0 Å². The lowest BCUT2D eigenvalue weighted by molar-refractivity contribution is 0.888. The van der Waals surface area contributed by atoms with E-state index in [1.165, 1.54) is 0 Å². The molecule has 0 amide bonds. The maximum Gasteiger partial charge on any atom is 0.101 e. The molecule has 4 heteroatoms. The molecule has 3 nitrogen and oxygen atoms in total. The molecule has 0 saturated carbocycles. The minimum absolute atomic E-state index is 0.711. The van der Waals surface area contributed by atoms with Gasteiger partial charge in [-0.2, -0.15) is 5.26 Å². The number of aromatic nitrogens is 1. The van der Waals surface area contributed by atoms with Gasteiger partial charge in [0.2, 0.25) is 0 Å². The lowest BCUT2D eigenvalue weighted by Gasteiger charge is -2.21. The number of para-hydroxylation sites is 1. The standard InChI is InChI=1S/C13H13N3S/c1-10-4-3-5-11(6-14)13(10)16(2)7-12-8-17-9-15-12/h3-5,8-9H,7H2,1-2H3. The van der Waals surface area contributed by atoms with E-state index in [0.29, 0.717) is 5.56 Å². The molecule has 0 bridgehead atoms. The molecule has 17 heavy (non-hydrogen) atoms. The van der Waals surface area contributed by atoms with Crippen LogP contribution in [0.25, 0.3) is 0 Å². The van der Waals surface area contributed by atoms with Gasteiger partial charge >= 0.3 is 0 Å². The molecule has 0 aliphatic heterocycles. The number of hydrogen-bond donors (Lipinski definition) is 0. The summed E-state index contributed by atoms with van der Waals surface area (Å²) in [6, 6.07) is 8.02. The SMILES string of the molecule is Cc1cccc(C#N)c1N(C)Cc1cscn1. The highest BCUT2D eigenvalue weighted by Gasteiger charge is 2.11. The Bertz CT molecular complexity index is 540. The predicted octanol–water partition coefficient (Wildman–Crippen LogP) is 2.96. The van der Waals surface area contributed by atoms with E-state index in [0.717, 1.165) is 23.5 Å². The Labute approximate surface area is 105 Å². The smallest absolute Gasteiger partial charge is 0.101 e. The molecule has 0 aliphatic rings. The summed E-state index contributed by atoms with van der Waals surface area (Å²) in [4.78, 5) is 6.33. The monoisotopic (exact) mass is 243 g/mol. The van der Waals surface area contributed by atoms with E-state index in [1.807, 2.05) is 43.1 Å². The zero-order chi connectivity index (χ0) is 12.3. The third-order valence-electron chi connectivity index (χ3n) is 2.62. The zero-order valence-electron chi connectivity index (χ0n) is 9.84. The second-order valence-corrected chi connectivity index (χ2v) is 4.64. The van der Waals surface area contributed by atoms with Crippen LogP contribution in [-0.2, 0) is 6.54 Å². The van der Waals surface area contributed by atoms with Crippen LogP contribution in [0, 0.1) is 18.3 Å². The van der Waals surface area contributed by atoms with Crippen molar-refractivity contribution in [2.75, 3.05) is 11.9 Å². The van der Waals surface area contributed by atoms with Gasteiger partial charge in [-0.05, 0) is 18.6 Å². The van der Waals surface area contributed by atoms with Crippen LogP contribution >= 0.6 is 11.3 Å². The summed E-state index contributed by atoms with van der Waals surface area (Å²) in [5, 5.41) is 11.2. The molecule has 0 aliphatic carbocycles. The van der Waals surface area contributed by atoms with Crippen molar-refractivity contribution in [1.29, 1.82) is 5.26 Å². The van der Waals surface area contributed by atoms with Crippen molar-refractivity contribution >= 4 is 17.0 Å². The number of thiazole rings is 1. The highest BCUT2D eigenvalue weighted by atomic mass is 32.1. The van der Waals surface area contributed by atoms with Crippen molar-refractivity contribution in [2.45, 2.75) is 13.5 Å². The van der Waals surface area contributed by atoms with Crippen LogP contribution < -0.4 is 4.90 Å². The van der Waals surface area contributed by atoms with Gasteiger partial charge in [-0.1, -0.05) is 12.1 Å². The molecule has 1 aromatic carbocycles. The highest BCUT2D eigenvalue weighted by molar-refractivity contribution is 7.07. The van der Waals surface area contributed by atoms with Gasteiger partial charge in [0.15, 0.2) is 0 Å². The third kappa shape index (κ3) is 2.45. The van der Waals surface area contributed by atoms with Gasteiger partial charge in [-0.3, -0.25) is 0 Å². The number of hydrogen-bond acceptors (Lipinski definition) is 4. The molecule has 2 aromatic rings. The van der Waals surface area contributed by atoms with Gasteiger partial charge in [0.1, 0.15) is 6.07 Å². The molecule has 0 spiro atoms. The van der Waals surface area contributed by atoms with E-state index in [1.54, 1.807) is 11.3 Å². The Morgan fingerprint density at radius 1 is 1.47 bits per heavy atom. The van der Waals surface area contributed by atoms with E-state index < -0.39 is 0 Å². The largest absolute Gasteiger partial charge is 0.367 e. The maximum absolute atomic E-state index is 9.13. The molecule has 2 rings (SSSR count). The van der Waals surface area contributed by atoms with Gasteiger partial charge in [-0.25, -0.2) is 4.98 Å². The first kappa shape index (κ1) is 11.6. The lowest BCUT2D eigenvalue weighted by Crippen LogP contribution is -2.18. The summed E-state index contributed by atoms with van der Waals surface area (Å²) in [6.07, 6.45) is 0. The van der Waals surface area contributed by atoms with Crippen LogP contribution in [0.4, 0.5) is 5.69 Å². The fourth-order valence-corrected chi connectivity index (χ4v) is 2.44. The fourth-order valence-electron chi connectivity index (χ4n) is 1.89. The first-order valence-electron chi connectivity index (χ1n) is 5.30. The van der Waals surface area contributed by atoms with E-state index in [4.69, 9.17) is 5.26 Å². The number of nitrogens with zero attached hydrogens (tertiary/aromatic N) is 3. The molecule has 0 radical (unpaired) electrons. The molecule has 1 aromatic heterocycles. The lowest BCUT2D eigenvalue weighted by atomic mass is 10.1. The second-order valence-electron chi connectivity index (χ2n) is 3.92. The Morgan fingerprint density at radius 2 is 2.29 bits per heavy atom. The van der Waals surface area contributed by atoms with Crippen molar-refractivity contribution in [3.05, 3.63) is 45.9 Å². The average Bonchev–Trinajstić information content (AvgIpc) is 2.81. The van der Waals surface area contributed by atoms with E-state index >= 15 is 0 Å². The van der Waals surface area contributed by atoms with Crippen molar-refractivity contribution in [3.63, 3.8) is 0 Å². The van der Waals surface area contributed by atoms with Gasteiger partial charge in [0.05, 0.1) is 29.0 Å². The van der Waals surface area contributed by atoms with Crippen LogP contribution in [0.1, 0.15) is 16.8 Å². The van der Waals surface area contributed by atoms with Crippen molar-refractivity contribution in [3.8, 4) is 6.07 Å². The molecule has 1 heterocycles. The Morgan fingerprint density at radius 3 is 2.94 bits per heavy atom.